The highest BCUT2D eigenvalue weighted by atomic mass is 19.1. The summed E-state index contributed by atoms with van der Waals surface area (Å²) < 4.78 is 19.2. The van der Waals surface area contributed by atoms with Gasteiger partial charge in [0.05, 0.1) is 24.4 Å². The summed E-state index contributed by atoms with van der Waals surface area (Å²) in [5.41, 5.74) is 6.13. The Morgan fingerprint density at radius 1 is 0.957 bits per heavy atom. The number of hydrogen-bond acceptors (Lipinski definition) is 7. The van der Waals surface area contributed by atoms with Crippen molar-refractivity contribution in [3.05, 3.63) is 103 Å². The highest BCUT2D eigenvalue weighted by Gasteiger charge is 2.29. The van der Waals surface area contributed by atoms with Crippen LogP contribution < -0.4 is 5.32 Å². The number of amides is 2. The summed E-state index contributed by atoms with van der Waals surface area (Å²) in [6.07, 6.45) is 5.63. The number of carbonyl (C=O) groups excluding carboxylic acids is 2. The number of hydrogen-bond donors (Lipinski definition) is 2. The lowest BCUT2D eigenvalue weighted by atomic mass is 9.98. The van der Waals surface area contributed by atoms with Gasteiger partial charge in [-0.25, -0.2) is 14.4 Å². The first-order chi connectivity index (χ1) is 22.5. The Kier molecular flexibility index (Phi) is 8.32. The SMILES string of the molecule is O=C(Nc1ccc2[nH]nc(-c3ccc(F)cc3)c2c1)C1CN(CC(=O)N2CC=C(c3ccc(-c4ncccn4)cc3)CC2)CCO1. The Balaban J connectivity index is 0.936. The maximum Gasteiger partial charge on any atom is 0.254 e. The van der Waals surface area contributed by atoms with Gasteiger partial charge in [0.1, 0.15) is 11.9 Å². The molecule has 2 aromatic heterocycles. The lowest BCUT2D eigenvalue weighted by molar-refractivity contribution is -0.139. The van der Waals surface area contributed by atoms with Gasteiger partial charge in [-0.1, -0.05) is 30.3 Å². The quantitative estimate of drug-likeness (QED) is 0.270. The van der Waals surface area contributed by atoms with E-state index in [2.05, 4.69) is 43.7 Å². The van der Waals surface area contributed by atoms with Crippen molar-refractivity contribution >= 4 is 34.0 Å². The predicted molar refractivity (Wildman–Crippen MR) is 173 cm³/mol. The molecule has 10 nitrogen and oxygen atoms in total. The van der Waals surface area contributed by atoms with Crippen molar-refractivity contribution < 1.29 is 18.7 Å². The molecular formula is C35H32FN7O3. The first kappa shape index (κ1) is 29.5. The molecule has 3 aromatic carbocycles. The predicted octanol–water partition coefficient (Wildman–Crippen LogP) is 4.78. The van der Waals surface area contributed by atoms with Gasteiger partial charge in [-0.15, -0.1) is 0 Å². The number of anilines is 1. The van der Waals surface area contributed by atoms with Gasteiger partial charge in [0.25, 0.3) is 5.91 Å². The van der Waals surface area contributed by atoms with E-state index < -0.39 is 6.10 Å². The molecule has 1 fully saturated rings. The molecule has 46 heavy (non-hydrogen) atoms. The van der Waals surface area contributed by atoms with E-state index in [-0.39, 0.29) is 24.2 Å². The molecular weight excluding hydrogens is 585 g/mol. The first-order valence-electron chi connectivity index (χ1n) is 15.2. The maximum atomic E-state index is 13.4. The second kappa shape index (κ2) is 13.0. The molecule has 1 saturated heterocycles. The molecule has 0 radical (unpaired) electrons. The molecule has 11 heteroatoms. The molecule has 0 bridgehead atoms. The van der Waals surface area contributed by atoms with E-state index in [1.807, 2.05) is 34.1 Å². The number of halogens is 1. The van der Waals surface area contributed by atoms with Gasteiger partial charge in [0.15, 0.2) is 5.82 Å². The Labute approximate surface area is 264 Å². The topological polar surface area (TPSA) is 116 Å². The molecule has 2 aliphatic heterocycles. The molecule has 1 atom stereocenters. The summed E-state index contributed by atoms with van der Waals surface area (Å²) in [7, 11) is 0. The molecule has 2 aliphatic rings. The number of ether oxygens (including phenoxy) is 1. The normalized spacial score (nSPS) is 17.1. The molecule has 5 aromatic rings. The smallest absolute Gasteiger partial charge is 0.254 e. The molecule has 1 unspecified atom stereocenters. The van der Waals surface area contributed by atoms with E-state index in [0.29, 0.717) is 50.0 Å². The van der Waals surface area contributed by atoms with Gasteiger partial charge in [-0.2, -0.15) is 5.10 Å². The first-order valence-corrected chi connectivity index (χ1v) is 15.2. The van der Waals surface area contributed by atoms with Gasteiger partial charge in [-0.3, -0.25) is 19.6 Å². The van der Waals surface area contributed by atoms with Gasteiger partial charge < -0.3 is 15.0 Å². The lowest BCUT2D eigenvalue weighted by Crippen LogP contribution is -2.51. The zero-order valence-corrected chi connectivity index (χ0v) is 25.0. The Morgan fingerprint density at radius 3 is 2.48 bits per heavy atom. The van der Waals surface area contributed by atoms with Crippen LogP contribution in [0.15, 0.2) is 91.3 Å². The number of carbonyl (C=O) groups is 2. The number of morpholine rings is 1. The highest BCUT2D eigenvalue weighted by molar-refractivity contribution is 5.99. The van der Waals surface area contributed by atoms with Gasteiger partial charge in [0.2, 0.25) is 5.91 Å². The van der Waals surface area contributed by atoms with E-state index in [1.54, 1.807) is 36.7 Å². The van der Waals surface area contributed by atoms with Gasteiger partial charge in [-0.05, 0) is 66.1 Å². The zero-order chi connectivity index (χ0) is 31.5. The second-order valence-electron chi connectivity index (χ2n) is 11.4. The number of fused-ring (bicyclic) bond motifs is 1. The fraction of sp³-hybridized carbons (Fsp3) is 0.229. The third-order valence-electron chi connectivity index (χ3n) is 8.39. The average molecular weight is 618 g/mol. The molecule has 0 saturated carbocycles. The van der Waals surface area contributed by atoms with Crippen molar-refractivity contribution in [3.63, 3.8) is 0 Å². The summed E-state index contributed by atoms with van der Waals surface area (Å²) >= 11 is 0. The molecule has 232 valence electrons. The van der Waals surface area contributed by atoms with Crippen LogP contribution in [0.2, 0.25) is 0 Å². The van der Waals surface area contributed by atoms with Crippen LogP contribution in [0, 0.1) is 5.82 Å². The second-order valence-corrected chi connectivity index (χ2v) is 11.4. The van der Waals surface area contributed by atoms with Crippen molar-refractivity contribution in [2.45, 2.75) is 12.5 Å². The molecule has 4 heterocycles. The van der Waals surface area contributed by atoms with E-state index in [0.717, 1.165) is 34.0 Å². The van der Waals surface area contributed by atoms with E-state index in [4.69, 9.17) is 4.74 Å². The standard InChI is InChI=1S/C35H32FN7O3/c36-27-8-6-25(7-9-27)33-29-20-28(10-11-30(29)40-41-33)39-35(45)31-21-42(18-19-46-31)22-32(44)43-16-12-24(13-17-43)23-2-4-26(5-3-23)34-37-14-1-15-38-34/h1-12,14-15,20,31H,13,16-19,21-22H2,(H,39,45)(H,40,41). The highest BCUT2D eigenvalue weighted by Crippen LogP contribution is 2.29. The number of benzene rings is 3. The van der Waals surface area contributed by atoms with E-state index in [9.17, 15) is 14.0 Å². The van der Waals surface area contributed by atoms with Crippen LogP contribution in [0.1, 0.15) is 12.0 Å². The van der Waals surface area contributed by atoms with Gasteiger partial charge >= 0.3 is 0 Å². The molecule has 2 N–H and O–H groups in total. The summed E-state index contributed by atoms with van der Waals surface area (Å²) in [4.78, 5) is 38.9. The minimum atomic E-state index is -0.713. The third kappa shape index (κ3) is 6.42. The van der Waals surface area contributed by atoms with E-state index >= 15 is 0 Å². The third-order valence-corrected chi connectivity index (χ3v) is 8.39. The van der Waals surface area contributed by atoms with Crippen LogP contribution in [-0.2, 0) is 14.3 Å². The number of aromatic amines is 1. The van der Waals surface area contributed by atoms with Crippen molar-refractivity contribution in [1.82, 2.24) is 30.0 Å². The summed E-state index contributed by atoms with van der Waals surface area (Å²) in [5.74, 6) is 0.128. The van der Waals surface area contributed by atoms with Crippen LogP contribution >= 0.6 is 0 Å². The van der Waals surface area contributed by atoms with Crippen molar-refractivity contribution in [2.75, 3.05) is 44.6 Å². The number of nitrogens with zero attached hydrogens (tertiary/aromatic N) is 5. The maximum absolute atomic E-state index is 13.4. The number of H-pyrrole nitrogens is 1. The largest absolute Gasteiger partial charge is 0.366 e. The number of rotatable bonds is 7. The van der Waals surface area contributed by atoms with Crippen molar-refractivity contribution in [3.8, 4) is 22.6 Å². The van der Waals surface area contributed by atoms with Gasteiger partial charge in [0, 0.05) is 60.8 Å². The molecule has 0 aliphatic carbocycles. The Hall–Kier alpha value is -5.26. The van der Waals surface area contributed by atoms with Crippen LogP contribution in [-0.4, -0.2) is 87.2 Å². The van der Waals surface area contributed by atoms with Crippen LogP contribution in [0.5, 0.6) is 0 Å². The minimum Gasteiger partial charge on any atom is -0.366 e. The monoisotopic (exact) mass is 617 g/mol. The summed E-state index contributed by atoms with van der Waals surface area (Å²) in [6.45, 7) is 2.66. The zero-order valence-electron chi connectivity index (χ0n) is 25.0. The average Bonchev–Trinajstić information content (AvgIpc) is 3.52. The fourth-order valence-electron chi connectivity index (χ4n) is 5.88. The minimum absolute atomic E-state index is 0.0339. The summed E-state index contributed by atoms with van der Waals surface area (Å²) in [5, 5.41) is 11.1. The van der Waals surface area contributed by atoms with Crippen LogP contribution in [0.4, 0.5) is 10.1 Å². The number of aromatic nitrogens is 4. The lowest BCUT2D eigenvalue weighted by Gasteiger charge is -2.34. The van der Waals surface area contributed by atoms with Crippen molar-refractivity contribution in [2.24, 2.45) is 0 Å². The van der Waals surface area contributed by atoms with Crippen molar-refractivity contribution in [1.29, 1.82) is 0 Å². The summed E-state index contributed by atoms with van der Waals surface area (Å²) in [6, 6.07) is 21.6. The molecule has 2 amide bonds. The Morgan fingerprint density at radius 2 is 1.72 bits per heavy atom. The molecule has 7 rings (SSSR count). The number of nitrogens with one attached hydrogen (secondary N) is 2. The van der Waals surface area contributed by atoms with Crippen LogP contribution in [0.3, 0.4) is 0 Å². The van der Waals surface area contributed by atoms with E-state index in [1.165, 1.54) is 17.7 Å². The fourth-order valence-corrected chi connectivity index (χ4v) is 5.88. The Bertz CT molecular complexity index is 1890. The molecule has 0 spiro atoms. The van der Waals surface area contributed by atoms with Crippen LogP contribution in [0.25, 0.3) is 39.1 Å².